The van der Waals surface area contributed by atoms with Crippen molar-refractivity contribution in [2.24, 2.45) is 0 Å². The summed E-state index contributed by atoms with van der Waals surface area (Å²) in [6.07, 6.45) is 2.54. The molecule has 14 heavy (non-hydrogen) atoms. The lowest BCUT2D eigenvalue weighted by Crippen LogP contribution is -2.26. The average molecular weight is 276 g/mol. The Bertz CT molecular complexity index is 283. The lowest BCUT2D eigenvalue weighted by atomic mass is 10.2. The molecule has 0 bridgehead atoms. The van der Waals surface area contributed by atoms with Gasteiger partial charge in [0, 0.05) is 15.4 Å². The van der Waals surface area contributed by atoms with Gasteiger partial charge >= 0.3 is 0 Å². The SMILES string of the molecule is Brc1ccsc1COCC1CCCN1. The van der Waals surface area contributed by atoms with Gasteiger partial charge in [-0.3, -0.25) is 0 Å². The summed E-state index contributed by atoms with van der Waals surface area (Å²) < 4.78 is 6.83. The second-order valence-corrected chi connectivity index (χ2v) is 5.36. The lowest BCUT2D eigenvalue weighted by Gasteiger charge is -2.09. The van der Waals surface area contributed by atoms with Crippen LogP contribution in [-0.4, -0.2) is 19.2 Å². The van der Waals surface area contributed by atoms with Crippen LogP contribution in [0.5, 0.6) is 0 Å². The summed E-state index contributed by atoms with van der Waals surface area (Å²) in [5.74, 6) is 0. The molecule has 1 aliphatic rings. The first-order valence-corrected chi connectivity index (χ1v) is 6.56. The van der Waals surface area contributed by atoms with Crippen LogP contribution in [-0.2, 0) is 11.3 Å². The number of halogens is 1. The minimum absolute atomic E-state index is 0.578. The van der Waals surface area contributed by atoms with Crippen LogP contribution in [0.3, 0.4) is 0 Å². The maximum absolute atomic E-state index is 5.66. The summed E-state index contributed by atoms with van der Waals surface area (Å²) in [7, 11) is 0. The molecular formula is C10H14BrNOS. The molecule has 1 aromatic heterocycles. The molecule has 0 aromatic carbocycles. The summed E-state index contributed by atoms with van der Waals surface area (Å²) in [5, 5.41) is 5.50. The third-order valence-electron chi connectivity index (χ3n) is 2.41. The Labute approximate surface area is 96.8 Å². The highest BCUT2D eigenvalue weighted by Crippen LogP contribution is 2.23. The van der Waals surface area contributed by atoms with Gasteiger partial charge in [-0.1, -0.05) is 0 Å². The molecule has 1 saturated heterocycles. The van der Waals surface area contributed by atoms with Crippen LogP contribution < -0.4 is 5.32 Å². The number of ether oxygens (including phenoxy) is 1. The van der Waals surface area contributed by atoms with Crippen LogP contribution in [0.2, 0.25) is 0 Å². The largest absolute Gasteiger partial charge is 0.374 e. The molecule has 2 nitrogen and oxygen atoms in total. The maximum atomic E-state index is 5.66. The molecule has 78 valence electrons. The van der Waals surface area contributed by atoms with E-state index < -0.39 is 0 Å². The van der Waals surface area contributed by atoms with Crippen molar-refractivity contribution in [3.05, 3.63) is 20.8 Å². The summed E-state index contributed by atoms with van der Waals surface area (Å²) in [6, 6.07) is 2.64. The molecule has 2 rings (SSSR count). The topological polar surface area (TPSA) is 21.3 Å². The predicted molar refractivity (Wildman–Crippen MR) is 62.7 cm³/mol. The van der Waals surface area contributed by atoms with E-state index in [1.807, 2.05) is 0 Å². The van der Waals surface area contributed by atoms with Crippen molar-refractivity contribution in [3.63, 3.8) is 0 Å². The maximum Gasteiger partial charge on any atom is 0.0821 e. The molecule has 0 spiro atoms. The molecule has 0 radical (unpaired) electrons. The Morgan fingerprint density at radius 2 is 2.57 bits per heavy atom. The van der Waals surface area contributed by atoms with Crippen molar-refractivity contribution in [1.82, 2.24) is 5.32 Å². The minimum atomic E-state index is 0.578. The molecule has 0 amide bonds. The van der Waals surface area contributed by atoms with Gasteiger partial charge in [0.25, 0.3) is 0 Å². The second-order valence-electron chi connectivity index (χ2n) is 3.50. The Morgan fingerprint density at radius 1 is 1.64 bits per heavy atom. The third-order valence-corrected chi connectivity index (χ3v) is 4.31. The Hall–Kier alpha value is 0.1000. The van der Waals surface area contributed by atoms with E-state index in [4.69, 9.17) is 4.74 Å². The van der Waals surface area contributed by atoms with Crippen LogP contribution in [0.15, 0.2) is 15.9 Å². The molecule has 0 saturated carbocycles. The van der Waals surface area contributed by atoms with Gasteiger partial charge in [0.1, 0.15) is 0 Å². The summed E-state index contributed by atoms with van der Waals surface area (Å²) in [5.41, 5.74) is 0. The van der Waals surface area contributed by atoms with Gasteiger partial charge in [0.2, 0.25) is 0 Å². The molecule has 1 aliphatic heterocycles. The van der Waals surface area contributed by atoms with Crippen molar-refractivity contribution in [2.75, 3.05) is 13.2 Å². The highest BCUT2D eigenvalue weighted by molar-refractivity contribution is 9.10. The van der Waals surface area contributed by atoms with E-state index >= 15 is 0 Å². The van der Waals surface area contributed by atoms with E-state index in [1.165, 1.54) is 22.2 Å². The molecule has 2 heterocycles. The fourth-order valence-electron chi connectivity index (χ4n) is 1.62. The first kappa shape index (κ1) is 10.6. The zero-order valence-corrected chi connectivity index (χ0v) is 10.4. The highest BCUT2D eigenvalue weighted by Gasteiger charge is 2.13. The Kier molecular flexibility index (Phi) is 3.99. The number of hydrogen-bond acceptors (Lipinski definition) is 3. The van der Waals surface area contributed by atoms with Gasteiger partial charge in [0.05, 0.1) is 13.2 Å². The van der Waals surface area contributed by atoms with Gasteiger partial charge in [-0.25, -0.2) is 0 Å². The third kappa shape index (κ3) is 2.79. The fraction of sp³-hybridized carbons (Fsp3) is 0.600. The van der Waals surface area contributed by atoms with E-state index in [0.29, 0.717) is 6.04 Å². The van der Waals surface area contributed by atoms with Crippen LogP contribution in [0.4, 0.5) is 0 Å². The normalized spacial score (nSPS) is 21.6. The predicted octanol–water partition coefficient (Wildman–Crippen LogP) is 2.78. The van der Waals surface area contributed by atoms with Crippen LogP contribution in [0, 0.1) is 0 Å². The zero-order chi connectivity index (χ0) is 9.80. The molecule has 1 fully saturated rings. The molecule has 0 aliphatic carbocycles. The number of nitrogens with one attached hydrogen (secondary N) is 1. The first-order chi connectivity index (χ1) is 6.86. The van der Waals surface area contributed by atoms with Gasteiger partial charge < -0.3 is 10.1 Å². The monoisotopic (exact) mass is 275 g/mol. The molecule has 4 heteroatoms. The number of thiophene rings is 1. The first-order valence-electron chi connectivity index (χ1n) is 4.89. The van der Waals surface area contributed by atoms with Crippen molar-refractivity contribution >= 4 is 27.3 Å². The second kappa shape index (κ2) is 5.26. The molecular weight excluding hydrogens is 262 g/mol. The smallest absolute Gasteiger partial charge is 0.0821 e. The molecule has 1 atom stereocenters. The Morgan fingerprint density at radius 3 is 3.21 bits per heavy atom. The van der Waals surface area contributed by atoms with Crippen molar-refractivity contribution < 1.29 is 4.74 Å². The fourth-order valence-corrected chi connectivity index (χ4v) is 3.02. The van der Waals surface area contributed by atoms with Crippen LogP contribution in [0.1, 0.15) is 17.7 Å². The van der Waals surface area contributed by atoms with Crippen molar-refractivity contribution in [1.29, 1.82) is 0 Å². The lowest BCUT2D eigenvalue weighted by molar-refractivity contribution is 0.105. The quantitative estimate of drug-likeness (QED) is 0.913. The molecule has 1 aromatic rings. The highest BCUT2D eigenvalue weighted by atomic mass is 79.9. The van der Waals surface area contributed by atoms with E-state index in [1.54, 1.807) is 11.3 Å². The van der Waals surface area contributed by atoms with Gasteiger partial charge in [-0.05, 0) is 46.8 Å². The van der Waals surface area contributed by atoms with E-state index in [2.05, 4.69) is 32.7 Å². The number of rotatable bonds is 4. The van der Waals surface area contributed by atoms with Crippen molar-refractivity contribution in [2.45, 2.75) is 25.5 Å². The van der Waals surface area contributed by atoms with E-state index in [9.17, 15) is 0 Å². The van der Waals surface area contributed by atoms with Crippen LogP contribution >= 0.6 is 27.3 Å². The summed E-state index contributed by atoms with van der Waals surface area (Å²) in [4.78, 5) is 1.28. The van der Waals surface area contributed by atoms with Gasteiger partial charge in [-0.2, -0.15) is 0 Å². The summed E-state index contributed by atoms with van der Waals surface area (Å²) >= 11 is 5.23. The summed E-state index contributed by atoms with van der Waals surface area (Å²) in [6.45, 7) is 2.72. The van der Waals surface area contributed by atoms with Gasteiger partial charge in [0.15, 0.2) is 0 Å². The van der Waals surface area contributed by atoms with Gasteiger partial charge in [-0.15, -0.1) is 11.3 Å². The number of hydrogen-bond donors (Lipinski definition) is 1. The molecule has 1 N–H and O–H groups in total. The standard InChI is InChI=1S/C10H14BrNOS/c11-9-3-5-14-10(9)7-13-6-8-2-1-4-12-8/h3,5,8,12H,1-2,4,6-7H2. The van der Waals surface area contributed by atoms with Crippen molar-refractivity contribution in [3.8, 4) is 0 Å². The zero-order valence-electron chi connectivity index (χ0n) is 7.96. The minimum Gasteiger partial charge on any atom is -0.374 e. The van der Waals surface area contributed by atoms with E-state index in [-0.39, 0.29) is 0 Å². The molecule has 1 unspecified atom stereocenters. The van der Waals surface area contributed by atoms with Crippen LogP contribution in [0.25, 0.3) is 0 Å². The van der Waals surface area contributed by atoms with E-state index in [0.717, 1.165) is 19.8 Å². The Balaban J connectivity index is 1.70. The average Bonchev–Trinajstić information content (AvgIpc) is 2.78.